The molecule has 1 rings (SSSR count). The van der Waals surface area contributed by atoms with Crippen molar-refractivity contribution in [1.29, 1.82) is 0 Å². The topological polar surface area (TPSA) is 15.6 Å². The van der Waals surface area contributed by atoms with Gasteiger partial charge < -0.3 is 4.90 Å². The average Bonchev–Trinajstić information content (AvgIpc) is 2.20. The van der Waals surface area contributed by atoms with Gasteiger partial charge in [0.25, 0.3) is 0 Å². The van der Waals surface area contributed by atoms with Gasteiger partial charge in [0.15, 0.2) is 0 Å². The minimum Gasteiger partial charge on any atom is -0.366 e. The largest absolute Gasteiger partial charge is 0.366 e. The van der Waals surface area contributed by atoms with E-state index in [1.165, 1.54) is 12.1 Å². The molecule has 4 heteroatoms. The summed E-state index contributed by atoms with van der Waals surface area (Å²) in [7, 11) is 1.92. The molecule has 0 bridgehead atoms. The summed E-state index contributed by atoms with van der Waals surface area (Å²) in [4.78, 5) is 6.16. The molecule has 0 aliphatic rings. The lowest BCUT2D eigenvalue weighted by atomic mass is 10.2. The quantitative estimate of drug-likeness (QED) is 0.608. The summed E-state index contributed by atoms with van der Waals surface area (Å²) in [5.74, 6) is -0.279. The third kappa shape index (κ3) is 3.30. The molecule has 82 valence electrons. The summed E-state index contributed by atoms with van der Waals surface area (Å²) in [6.07, 6.45) is 1.70. The van der Waals surface area contributed by atoms with Gasteiger partial charge in [0, 0.05) is 18.1 Å². The average molecular weight is 273 g/mol. The third-order valence-corrected chi connectivity index (χ3v) is 3.00. The van der Waals surface area contributed by atoms with E-state index < -0.39 is 0 Å². The minimum atomic E-state index is -0.279. The van der Waals surface area contributed by atoms with E-state index in [0.717, 1.165) is 16.6 Å². The highest BCUT2D eigenvalue weighted by Crippen LogP contribution is 2.27. The van der Waals surface area contributed by atoms with Crippen molar-refractivity contribution in [2.75, 3.05) is 13.6 Å². The Bertz CT molecular complexity index is 377. The number of hydrogen-bond donors (Lipinski definition) is 0. The van der Waals surface area contributed by atoms with Crippen molar-refractivity contribution in [1.82, 2.24) is 4.90 Å². The van der Waals surface area contributed by atoms with Gasteiger partial charge in [-0.2, -0.15) is 0 Å². The van der Waals surface area contributed by atoms with Crippen LogP contribution >= 0.6 is 15.9 Å². The Balaban J connectivity index is 2.99. The second kappa shape index (κ2) is 5.26. The van der Waals surface area contributed by atoms with E-state index in [2.05, 4.69) is 20.9 Å². The van der Waals surface area contributed by atoms with Crippen LogP contribution in [-0.2, 0) is 0 Å². The molecular weight excluding hydrogens is 259 g/mol. The van der Waals surface area contributed by atoms with Gasteiger partial charge in [-0.15, -0.1) is 0 Å². The summed E-state index contributed by atoms with van der Waals surface area (Å²) in [5.41, 5.74) is 1.60. The first-order chi connectivity index (χ1) is 7.04. The van der Waals surface area contributed by atoms with Crippen molar-refractivity contribution in [2.45, 2.75) is 13.8 Å². The minimum absolute atomic E-state index is 0.279. The highest BCUT2D eigenvalue weighted by atomic mass is 79.9. The molecule has 0 N–H and O–H groups in total. The predicted octanol–water partition coefficient (Wildman–Crippen LogP) is 3.51. The van der Waals surface area contributed by atoms with Crippen LogP contribution in [0.3, 0.4) is 0 Å². The van der Waals surface area contributed by atoms with E-state index in [9.17, 15) is 4.39 Å². The van der Waals surface area contributed by atoms with Gasteiger partial charge in [0.1, 0.15) is 5.82 Å². The van der Waals surface area contributed by atoms with Gasteiger partial charge in [0.05, 0.1) is 12.0 Å². The number of aliphatic imine (C=N–C) groups is 1. The summed E-state index contributed by atoms with van der Waals surface area (Å²) < 4.78 is 13.8. The maximum atomic E-state index is 13.1. The van der Waals surface area contributed by atoms with Gasteiger partial charge in [-0.3, -0.25) is 0 Å². The molecule has 15 heavy (non-hydrogen) atoms. The zero-order chi connectivity index (χ0) is 11.4. The van der Waals surface area contributed by atoms with Crippen molar-refractivity contribution in [2.24, 2.45) is 4.99 Å². The van der Waals surface area contributed by atoms with Crippen molar-refractivity contribution in [3.05, 3.63) is 28.0 Å². The third-order valence-electron chi connectivity index (χ3n) is 2.17. The Morgan fingerprint density at radius 1 is 1.53 bits per heavy atom. The predicted molar refractivity (Wildman–Crippen MR) is 65.3 cm³/mol. The fourth-order valence-electron chi connectivity index (χ4n) is 1.01. The molecule has 0 atom stereocenters. The van der Waals surface area contributed by atoms with Crippen LogP contribution < -0.4 is 0 Å². The Kier molecular flexibility index (Phi) is 4.27. The fourth-order valence-corrected chi connectivity index (χ4v) is 1.43. The summed E-state index contributed by atoms with van der Waals surface area (Å²) in [6, 6.07) is 2.87. The lowest BCUT2D eigenvalue weighted by Crippen LogP contribution is -2.14. The monoisotopic (exact) mass is 272 g/mol. The van der Waals surface area contributed by atoms with Crippen LogP contribution in [0, 0.1) is 12.7 Å². The molecule has 1 aromatic carbocycles. The van der Waals surface area contributed by atoms with Crippen molar-refractivity contribution < 1.29 is 4.39 Å². The van der Waals surface area contributed by atoms with Crippen LogP contribution in [0.5, 0.6) is 0 Å². The molecule has 0 spiro atoms. The smallest absolute Gasteiger partial charge is 0.126 e. The second-order valence-corrected chi connectivity index (χ2v) is 4.20. The molecule has 0 unspecified atom stereocenters. The number of hydrogen-bond acceptors (Lipinski definition) is 1. The molecule has 0 fully saturated rings. The van der Waals surface area contributed by atoms with Crippen LogP contribution in [-0.4, -0.2) is 24.8 Å². The van der Waals surface area contributed by atoms with E-state index in [1.807, 2.05) is 25.8 Å². The van der Waals surface area contributed by atoms with E-state index in [1.54, 1.807) is 6.34 Å². The van der Waals surface area contributed by atoms with Gasteiger partial charge in [0.2, 0.25) is 0 Å². The number of rotatable bonds is 3. The lowest BCUT2D eigenvalue weighted by Gasteiger charge is -2.09. The Labute approximate surface area is 97.9 Å². The summed E-state index contributed by atoms with van der Waals surface area (Å²) in [5, 5.41) is 0. The molecule has 0 amide bonds. The standard InChI is InChI=1S/C11H14BrFN2/c1-4-15(3)7-14-11-6-9(13)5-10(12)8(11)2/h5-7H,4H2,1-3H3. The molecule has 1 aromatic rings. The van der Waals surface area contributed by atoms with E-state index in [4.69, 9.17) is 0 Å². The van der Waals surface area contributed by atoms with E-state index in [-0.39, 0.29) is 5.82 Å². The summed E-state index contributed by atoms with van der Waals surface area (Å²) >= 11 is 3.29. The fraction of sp³-hybridized carbons (Fsp3) is 0.364. The van der Waals surface area contributed by atoms with Crippen LogP contribution in [0.2, 0.25) is 0 Å². The molecule has 2 nitrogen and oxygen atoms in total. The first kappa shape index (κ1) is 12.2. The Morgan fingerprint density at radius 2 is 2.20 bits per heavy atom. The molecule has 0 aliphatic carbocycles. The molecule has 0 saturated carbocycles. The molecule has 0 aromatic heterocycles. The van der Waals surface area contributed by atoms with Crippen LogP contribution in [0.4, 0.5) is 10.1 Å². The number of halogens is 2. The van der Waals surface area contributed by atoms with Crippen LogP contribution in [0.1, 0.15) is 12.5 Å². The first-order valence-corrected chi connectivity index (χ1v) is 5.54. The van der Waals surface area contributed by atoms with Gasteiger partial charge in [-0.1, -0.05) is 15.9 Å². The van der Waals surface area contributed by atoms with Gasteiger partial charge in [-0.05, 0) is 31.5 Å². The maximum absolute atomic E-state index is 13.1. The molecule has 0 saturated heterocycles. The van der Waals surface area contributed by atoms with Crippen molar-refractivity contribution in [3.8, 4) is 0 Å². The summed E-state index contributed by atoms with van der Waals surface area (Å²) in [6.45, 7) is 4.81. The van der Waals surface area contributed by atoms with Crippen molar-refractivity contribution in [3.63, 3.8) is 0 Å². The number of nitrogens with zero attached hydrogens (tertiary/aromatic N) is 2. The van der Waals surface area contributed by atoms with E-state index in [0.29, 0.717) is 5.69 Å². The van der Waals surface area contributed by atoms with Crippen LogP contribution in [0.15, 0.2) is 21.6 Å². The van der Waals surface area contributed by atoms with Gasteiger partial charge >= 0.3 is 0 Å². The van der Waals surface area contributed by atoms with Crippen molar-refractivity contribution >= 4 is 28.0 Å². The van der Waals surface area contributed by atoms with E-state index >= 15 is 0 Å². The zero-order valence-corrected chi connectivity index (χ0v) is 10.7. The molecule has 0 aliphatic heterocycles. The highest BCUT2D eigenvalue weighted by molar-refractivity contribution is 9.10. The highest BCUT2D eigenvalue weighted by Gasteiger charge is 2.03. The first-order valence-electron chi connectivity index (χ1n) is 4.74. The molecule has 0 radical (unpaired) electrons. The van der Waals surface area contributed by atoms with Crippen LogP contribution in [0.25, 0.3) is 0 Å². The lowest BCUT2D eigenvalue weighted by molar-refractivity contribution is 0.552. The Hall–Kier alpha value is -0.900. The molecular formula is C11H14BrFN2. The number of benzene rings is 1. The Morgan fingerprint density at radius 3 is 2.80 bits per heavy atom. The normalized spacial score (nSPS) is 11.0. The SMILES string of the molecule is CCN(C)C=Nc1cc(F)cc(Br)c1C. The zero-order valence-electron chi connectivity index (χ0n) is 9.09. The maximum Gasteiger partial charge on any atom is 0.126 e. The molecule has 0 heterocycles. The van der Waals surface area contributed by atoms with Gasteiger partial charge in [-0.25, -0.2) is 9.38 Å². The second-order valence-electron chi connectivity index (χ2n) is 3.35.